The summed E-state index contributed by atoms with van der Waals surface area (Å²) in [5, 5.41) is 1.56. The molecule has 0 amide bonds. The first-order chi connectivity index (χ1) is 22.5. The maximum atomic E-state index is 8.54. The van der Waals surface area contributed by atoms with Gasteiger partial charge in [-0.3, -0.25) is 0 Å². The molecule has 0 saturated carbocycles. The third kappa shape index (κ3) is 3.85. The first kappa shape index (κ1) is 13.3. The molecule has 0 bridgehead atoms. The highest BCUT2D eigenvalue weighted by atomic mass is 16.3. The van der Waals surface area contributed by atoms with E-state index in [9.17, 15) is 0 Å². The van der Waals surface area contributed by atoms with Gasteiger partial charge in [-0.15, -0.1) is 0 Å². The molecule has 7 rings (SSSR count). The molecule has 0 unspecified atom stereocenters. The fourth-order valence-electron chi connectivity index (χ4n) is 4.28. The molecule has 0 spiro atoms. The second kappa shape index (κ2) is 8.85. The van der Waals surface area contributed by atoms with Crippen molar-refractivity contribution >= 4 is 21.9 Å². The van der Waals surface area contributed by atoms with Gasteiger partial charge in [-0.25, -0.2) is 15.0 Å². The number of hydrogen-bond acceptors (Lipinski definition) is 4. The van der Waals surface area contributed by atoms with E-state index >= 15 is 0 Å². The smallest absolute Gasteiger partial charge is 0.164 e. The maximum absolute atomic E-state index is 8.54. The largest absolute Gasteiger partial charge is 0.456 e. The second-order valence-electron chi connectivity index (χ2n) is 8.16. The summed E-state index contributed by atoms with van der Waals surface area (Å²) in [6, 6.07) is 14.8. The van der Waals surface area contributed by atoms with Crippen molar-refractivity contribution in [1.29, 1.82) is 0 Å². The summed E-state index contributed by atoms with van der Waals surface area (Å²) in [4.78, 5) is 13.4. The average Bonchev–Trinajstić information content (AvgIpc) is 3.47. The van der Waals surface area contributed by atoms with Crippen molar-refractivity contribution in [3.8, 4) is 45.3 Å². The maximum Gasteiger partial charge on any atom is 0.164 e. The number of fused-ring (bicyclic) bond motifs is 3. The van der Waals surface area contributed by atoms with E-state index in [0.717, 1.165) is 21.9 Å². The molecular formula is C33H21N3O. The Morgan fingerprint density at radius 3 is 1.78 bits per heavy atom. The Morgan fingerprint density at radius 2 is 1.14 bits per heavy atom. The highest BCUT2D eigenvalue weighted by molar-refractivity contribution is 6.13. The zero-order valence-corrected chi connectivity index (χ0v) is 19.1. The van der Waals surface area contributed by atoms with Gasteiger partial charge in [-0.2, -0.15) is 0 Å². The van der Waals surface area contributed by atoms with Gasteiger partial charge in [0.1, 0.15) is 11.2 Å². The van der Waals surface area contributed by atoms with Crippen molar-refractivity contribution in [2.75, 3.05) is 0 Å². The molecule has 4 heteroatoms. The van der Waals surface area contributed by atoms with E-state index < -0.39 is 60.4 Å². The van der Waals surface area contributed by atoms with Crippen LogP contribution in [0.1, 0.15) is 13.7 Å². The second-order valence-corrected chi connectivity index (χ2v) is 8.16. The van der Waals surface area contributed by atoms with Crippen molar-refractivity contribution in [3.63, 3.8) is 0 Å². The van der Waals surface area contributed by atoms with Crippen molar-refractivity contribution in [3.05, 3.63) is 127 Å². The summed E-state index contributed by atoms with van der Waals surface area (Å²) < 4.78 is 89.1. The summed E-state index contributed by atoms with van der Waals surface area (Å²) in [6.07, 6.45) is 0. The summed E-state index contributed by atoms with van der Waals surface area (Å²) in [5.74, 6) is -0.663. The zero-order valence-electron chi connectivity index (χ0n) is 29.1. The minimum atomic E-state index is -0.605. The third-order valence-electron chi connectivity index (χ3n) is 5.92. The first-order valence-electron chi connectivity index (χ1n) is 16.4. The van der Waals surface area contributed by atoms with Crippen LogP contribution in [0, 0.1) is 0 Å². The van der Waals surface area contributed by atoms with Gasteiger partial charge in [-0.05, 0) is 35.4 Å². The van der Waals surface area contributed by atoms with Crippen LogP contribution in [0.2, 0.25) is 0 Å². The predicted molar refractivity (Wildman–Crippen MR) is 149 cm³/mol. The number of nitrogens with zero attached hydrogens (tertiary/aromatic N) is 3. The Morgan fingerprint density at radius 1 is 0.514 bits per heavy atom. The zero-order chi connectivity index (χ0) is 33.3. The average molecular weight is 486 g/mol. The van der Waals surface area contributed by atoms with E-state index in [1.54, 1.807) is 18.2 Å². The van der Waals surface area contributed by atoms with Gasteiger partial charge < -0.3 is 4.42 Å². The SMILES string of the molecule is [2H]c1c([2H])c([2H])c(-c2nc(-c3ccc4oc5cccc(-c6ccccc6)c5c4c3)nc(-c3c([2H])c([2H])c([2H])c([2H])c3[2H])n2)c([2H])c1[2H]. The van der Waals surface area contributed by atoms with Gasteiger partial charge in [0, 0.05) is 27.5 Å². The van der Waals surface area contributed by atoms with E-state index in [1.807, 2.05) is 48.5 Å². The lowest BCUT2D eigenvalue weighted by Gasteiger charge is -2.08. The van der Waals surface area contributed by atoms with Gasteiger partial charge in [0.05, 0.1) is 13.7 Å². The molecule has 0 saturated heterocycles. The van der Waals surface area contributed by atoms with E-state index in [-0.39, 0.29) is 28.6 Å². The Kier molecular flexibility index (Phi) is 3.18. The molecule has 2 aromatic heterocycles. The molecule has 0 aliphatic carbocycles. The lowest BCUT2D eigenvalue weighted by Crippen LogP contribution is -2.00. The van der Waals surface area contributed by atoms with Gasteiger partial charge in [0.25, 0.3) is 0 Å². The standard InChI is InChI=1S/C33H21N3O/c1-4-11-22(12-5-1)26-17-10-18-29-30(26)27-21-25(19-20-28(27)37-29)33-35-31(23-13-6-2-7-14-23)34-32(36-33)24-15-8-3-9-16-24/h1-21H/i2D,3D,6D,7D,8D,9D,13D,14D,15D,16D. The molecule has 0 atom stereocenters. The predicted octanol–water partition coefficient (Wildman–Crippen LogP) is 8.44. The van der Waals surface area contributed by atoms with Crippen LogP contribution >= 0.6 is 0 Å². The third-order valence-corrected chi connectivity index (χ3v) is 5.92. The van der Waals surface area contributed by atoms with Crippen molar-refractivity contribution < 1.29 is 18.1 Å². The molecule has 7 aromatic rings. The van der Waals surface area contributed by atoms with Crippen LogP contribution in [0.25, 0.3) is 67.2 Å². The molecule has 0 aliphatic rings. The number of aromatic nitrogens is 3. The number of rotatable bonds is 4. The molecule has 0 fully saturated rings. The van der Waals surface area contributed by atoms with Gasteiger partial charge in [-0.1, -0.05) is 103 Å². The highest BCUT2D eigenvalue weighted by Gasteiger charge is 2.16. The van der Waals surface area contributed by atoms with Gasteiger partial charge in [0.2, 0.25) is 0 Å². The quantitative estimate of drug-likeness (QED) is 0.251. The number of benzene rings is 5. The molecule has 174 valence electrons. The summed E-state index contributed by atoms with van der Waals surface area (Å²) in [7, 11) is 0. The van der Waals surface area contributed by atoms with Crippen LogP contribution in [-0.4, -0.2) is 15.0 Å². The van der Waals surface area contributed by atoms with E-state index in [0.29, 0.717) is 16.7 Å². The monoisotopic (exact) mass is 485 g/mol. The molecular weight excluding hydrogens is 454 g/mol. The molecule has 0 aliphatic heterocycles. The number of hydrogen-bond donors (Lipinski definition) is 0. The van der Waals surface area contributed by atoms with E-state index in [2.05, 4.69) is 15.0 Å². The van der Waals surface area contributed by atoms with E-state index in [4.69, 9.17) is 18.1 Å². The van der Waals surface area contributed by atoms with Crippen LogP contribution in [-0.2, 0) is 0 Å². The van der Waals surface area contributed by atoms with Crippen molar-refractivity contribution in [2.24, 2.45) is 0 Å². The van der Waals surface area contributed by atoms with Gasteiger partial charge in [0.15, 0.2) is 17.5 Å². The lowest BCUT2D eigenvalue weighted by molar-refractivity contribution is 0.669. The minimum Gasteiger partial charge on any atom is -0.456 e. The summed E-state index contributed by atoms with van der Waals surface area (Å²) in [5.41, 5.74) is 2.90. The normalized spacial score (nSPS) is 15.0. The topological polar surface area (TPSA) is 51.8 Å². The first-order valence-corrected chi connectivity index (χ1v) is 11.4. The van der Waals surface area contributed by atoms with Gasteiger partial charge >= 0.3 is 0 Å². The van der Waals surface area contributed by atoms with Crippen LogP contribution in [0.3, 0.4) is 0 Å². The molecule has 5 aromatic carbocycles. The van der Waals surface area contributed by atoms with Crippen LogP contribution in [0.4, 0.5) is 0 Å². The number of furan rings is 1. The van der Waals surface area contributed by atoms with Crippen LogP contribution in [0.5, 0.6) is 0 Å². The van der Waals surface area contributed by atoms with Crippen molar-refractivity contribution in [2.45, 2.75) is 0 Å². The summed E-state index contributed by atoms with van der Waals surface area (Å²) >= 11 is 0. The molecule has 37 heavy (non-hydrogen) atoms. The fraction of sp³-hybridized carbons (Fsp3) is 0. The molecule has 2 heterocycles. The lowest BCUT2D eigenvalue weighted by atomic mass is 9.99. The Labute approximate surface area is 228 Å². The molecule has 4 nitrogen and oxygen atoms in total. The van der Waals surface area contributed by atoms with Crippen LogP contribution < -0.4 is 0 Å². The molecule has 0 N–H and O–H groups in total. The van der Waals surface area contributed by atoms with E-state index in [1.165, 1.54) is 0 Å². The molecule has 0 radical (unpaired) electrons. The Hall–Kier alpha value is -5.09. The Bertz CT molecular complexity index is 2280. The van der Waals surface area contributed by atoms with Crippen LogP contribution in [0.15, 0.2) is 132 Å². The van der Waals surface area contributed by atoms with Crippen molar-refractivity contribution in [1.82, 2.24) is 15.0 Å². The Balaban J connectivity index is 1.54. The summed E-state index contributed by atoms with van der Waals surface area (Å²) in [6.45, 7) is 0. The minimum absolute atomic E-state index is 0.0166. The highest BCUT2D eigenvalue weighted by Crippen LogP contribution is 2.38. The fourth-order valence-corrected chi connectivity index (χ4v) is 4.28.